The van der Waals surface area contributed by atoms with Crippen molar-refractivity contribution in [1.29, 1.82) is 0 Å². The summed E-state index contributed by atoms with van der Waals surface area (Å²) in [6.45, 7) is 2.19. The molecule has 3 N–H and O–H groups in total. The van der Waals surface area contributed by atoms with Crippen LogP contribution in [-0.2, 0) is 6.42 Å². The number of furan rings is 1. The second-order valence-corrected chi connectivity index (χ2v) is 5.46. The minimum absolute atomic E-state index is 0.0376. The summed E-state index contributed by atoms with van der Waals surface area (Å²) >= 11 is 0. The van der Waals surface area contributed by atoms with E-state index in [1.807, 2.05) is 37.3 Å². The highest BCUT2D eigenvalue weighted by molar-refractivity contribution is 5.97. The van der Waals surface area contributed by atoms with E-state index in [0.717, 1.165) is 17.5 Å². The summed E-state index contributed by atoms with van der Waals surface area (Å²) in [6, 6.07) is 10.9. The molecule has 0 radical (unpaired) electrons. The first-order chi connectivity index (χ1) is 12.0. The van der Waals surface area contributed by atoms with Crippen molar-refractivity contribution in [2.24, 2.45) is 5.73 Å². The van der Waals surface area contributed by atoms with Crippen molar-refractivity contribution in [3.05, 3.63) is 65.4 Å². The van der Waals surface area contributed by atoms with Crippen molar-refractivity contribution >= 4 is 11.8 Å². The van der Waals surface area contributed by atoms with Crippen LogP contribution in [0.3, 0.4) is 0 Å². The first-order valence-corrected chi connectivity index (χ1v) is 7.73. The quantitative estimate of drug-likeness (QED) is 0.716. The average molecular weight is 339 g/mol. The van der Waals surface area contributed by atoms with Gasteiger partial charge >= 0.3 is 0 Å². The van der Waals surface area contributed by atoms with E-state index in [2.05, 4.69) is 10.3 Å². The van der Waals surface area contributed by atoms with Gasteiger partial charge in [0.15, 0.2) is 5.76 Å². The molecule has 2 heterocycles. The summed E-state index contributed by atoms with van der Waals surface area (Å²) in [5.41, 5.74) is 6.95. The lowest BCUT2D eigenvalue weighted by Crippen LogP contribution is -2.25. The number of hydrogen-bond acceptors (Lipinski definition) is 5. The lowest BCUT2D eigenvalue weighted by atomic mass is 10.2. The highest BCUT2D eigenvalue weighted by Crippen LogP contribution is 2.21. The molecule has 0 aliphatic heterocycles. The number of nitrogens with one attached hydrogen (secondary N) is 1. The summed E-state index contributed by atoms with van der Waals surface area (Å²) in [7, 11) is 0. The van der Waals surface area contributed by atoms with E-state index in [1.165, 1.54) is 6.07 Å². The number of carbonyl (C=O) groups excluding carboxylic acids is 2. The first-order valence-electron chi connectivity index (χ1n) is 7.73. The van der Waals surface area contributed by atoms with Crippen LogP contribution in [0, 0.1) is 6.92 Å². The fourth-order valence-electron chi connectivity index (χ4n) is 2.33. The minimum Gasteiger partial charge on any atom is -0.458 e. The Bertz CT molecular complexity index is 896. The summed E-state index contributed by atoms with van der Waals surface area (Å²) in [5.74, 6) is 0.237. The van der Waals surface area contributed by atoms with Crippen molar-refractivity contribution in [3.63, 3.8) is 0 Å². The Morgan fingerprint density at radius 3 is 2.68 bits per heavy atom. The molecule has 0 saturated carbocycles. The Labute approximate surface area is 143 Å². The third-order valence-corrected chi connectivity index (χ3v) is 3.67. The molecule has 7 nitrogen and oxygen atoms in total. The van der Waals surface area contributed by atoms with Gasteiger partial charge in [0, 0.05) is 24.6 Å². The predicted molar refractivity (Wildman–Crippen MR) is 89.9 cm³/mol. The van der Waals surface area contributed by atoms with E-state index in [0.29, 0.717) is 24.6 Å². The molecule has 3 rings (SSSR count). The van der Waals surface area contributed by atoms with Crippen LogP contribution in [0.1, 0.15) is 32.4 Å². The third-order valence-electron chi connectivity index (χ3n) is 3.67. The van der Waals surface area contributed by atoms with Gasteiger partial charge < -0.3 is 19.9 Å². The van der Waals surface area contributed by atoms with E-state index in [-0.39, 0.29) is 11.3 Å². The molecule has 0 aliphatic rings. The molecule has 25 heavy (non-hydrogen) atoms. The monoisotopic (exact) mass is 339 g/mol. The van der Waals surface area contributed by atoms with E-state index >= 15 is 0 Å². The molecule has 0 unspecified atom stereocenters. The van der Waals surface area contributed by atoms with Gasteiger partial charge in [0.1, 0.15) is 12.0 Å². The van der Waals surface area contributed by atoms with Gasteiger partial charge in [-0.2, -0.15) is 0 Å². The zero-order valence-electron chi connectivity index (χ0n) is 13.6. The Morgan fingerprint density at radius 1 is 1.24 bits per heavy atom. The second-order valence-electron chi connectivity index (χ2n) is 5.46. The Morgan fingerprint density at radius 2 is 2.00 bits per heavy atom. The molecule has 2 amide bonds. The standard InChI is InChI=1S/C18H17N3O4/c1-11-14(21-18(25-11)12-5-3-2-4-6-12)7-8-20-17(23)15-9-13(10-24-15)16(19)22/h2-6,9-10H,7-8H2,1H3,(H2,19,22)(H,20,23). The van der Waals surface area contributed by atoms with Gasteiger partial charge in [-0.25, -0.2) is 4.98 Å². The van der Waals surface area contributed by atoms with Crippen LogP contribution < -0.4 is 11.1 Å². The highest BCUT2D eigenvalue weighted by Gasteiger charge is 2.15. The number of nitrogens with zero attached hydrogens (tertiary/aromatic N) is 1. The largest absolute Gasteiger partial charge is 0.458 e. The van der Waals surface area contributed by atoms with Gasteiger partial charge in [-0.05, 0) is 19.1 Å². The maximum atomic E-state index is 12.0. The summed E-state index contributed by atoms with van der Waals surface area (Å²) < 4.78 is 10.7. The Hall–Kier alpha value is -3.35. The third kappa shape index (κ3) is 3.77. The molecule has 2 aromatic heterocycles. The molecule has 0 spiro atoms. The summed E-state index contributed by atoms with van der Waals surface area (Å²) in [4.78, 5) is 27.5. The molecule has 7 heteroatoms. The zero-order valence-corrected chi connectivity index (χ0v) is 13.6. The minimum atomic E-state index is -0.644. The van der Waals surface area contributed by atoms with E-state index in [9.17, 15) is 9.59 Å². The van der Waals surface area contributed by atoms with Crippen LogP contribution >= 0.6 is 0 Å². The van der Waals surface area contributed by atoms with Crippen molar-refractivity contribution in [2.45, 2.75) is 13.3 Å². The molecule has 0 saturated heterocycles. The van der Waals surface area contributed by atoms with Crippen LogP contribution in [0.2, 0.25) is 0 Å². The molecule has 3 aromatic rings. The number of oxazole rings is 1. The number of rotatable bonds is 6. The fraction of sp³-hybridized carbons (Fsp3) is 0.167. The molecule has 0 bridgehead atoms. The van der Waals surface area contributed by atoms with Gasteiger partial charge in [-0.1, -0.05) is 18.2 Å². The van der Waals surface area contributed by atoms with Crippen molar-refractivity contribution in [3.8, 4) is 11.5 Å². The molecule has 0 aliphatic carbocycles. The van der Waals surface area contributed by atoms with Crippen LogP contribution in [0.25, 0.3) is 11.5 Å². The van der Waals surface area contributed by atoms with E-state index in [4.69, 9.17) is 14.6 Å². The first kappa shape index (κ1) is 16.5. The molecular weight excluding hydrogens is 322 g/mol. The van der Waals surface area contributed by atoms with Gasteiger partial charge in [0.25, 0.3) is 11.8 Å². The highest BCUT2D eigenvalue weighted by atomic mass is 16.4. The Balaban J connectivity index is 1.59. The number of nitrogens with two attached hydrogens (primary N) is 1. The second kappa shape index (κ2) is 7.04. The SMILES string of the molecule is Cc1oc(-c2ccccc2)nc1CCNC(=O)c1cc(C(N)=O)co1. The van der Waals surface area contributed by atoms with Gasteiger partial charge in [-0.3, -0.25) is 9.59 Å². The van der Waals surface area contributed by atoms with Crippen LogP contribution in [0.4, 0.5) is 0 Å². The fourth-order valence-corrected chi connectivity index (χ4v) is 2.33. The lowest BCUT2D eigenvalue weighted by Gasteiger charge is -2.01. The number of benzene rings is 1. The smallest absolute Gasteiger partial charge is 0.287 e. The molecular formula is C18H17N3O4. The molecule has 0 atom stereocenters. The lowest BCUT2D eigenvalue weighted by molar-refractivity contribution is 0.0925. The van der Waals surface area contributed by atoms with Gasteiger partial charge in [0.05, 0.1) is 11.3 Å². The number of primary amides is 1. The van der Waals surface area contributed by atoms with E-state index in [1.54, 1.807) is 0 Å². The number of carbonyl (C=O) groups is 2. The van der Waals surface area contributed by atoms with E-state index < -0.39 is 11.8 Å². The van der Waals surface area contributed by atoms with Crippen molar-refractivity contribution in [1.82, 2.24) is 10.3 Å². The van der Waals surface area contributed by atoms with Gasteiger partial charge in [0.2, 0.25) is 5.89 Å². The maximum Gasteiger partial charge on any atom is 0.287 e. The maximum absolute atomic E-state index is 12.0. The molecule has 128 valence electrons. The average Bonchev–Trinajstić information content (AvgIpc) is 3.23. The molecule has 0 fully saturated rings. The van der Waals surface area contributed by atoms with Crippen molar-refractivity contribution < 1.29 is 18.4 Å². The normalized spacial score (nSPS) is 10.6. The Kier molecular flexibility index (Phi) is 4.65. The number of aryl methyl sites for hydroxylation is 1. The zero-order chi connectivity index (χ0) is 17.8. The number of amides is 2. The summed E-state index contributed by atoms with van der Waals surface area (Å²) in [6.07, 6.45) is 1.67. The topological polar surface area (TPSA) is 111 Å². The summed E-state index contributed by atoms with van der Waals surface area (Å²) in [5, 5.41) is 2.71. The molecule has 1 aromatic carbocycles. The van der Waals surface area contributed by atoms with Crippen LogP contribution in [0.5, 0.6) is 0 Å². The number of hydrogen-bond donors (Lipinski definition) is 2. The van der Waals surface area contributed by atoms with Crippen LogP contribution in [-0.4, -0.2) is 23.3 Å². The van der Waals surface area contributed by atoms with Crippen molar-refractivity contribution in [2.75, 3.05) is 6.54 Å². The van der Waals surface area contributed by atoms with Gasteiger partial charge in [-0.15, -0.1) is 0 Å². The predicted octanol–water partition coefficient (Wildman–Crippen LogP) is 2.31. The van der Waals surface area contributed by atoms with Crippen LogP contribution in [0.15, 0.2) is 51.5 Å². The number of aromatic nitrogens is 1.